The van der Waals surface area contributed by atoms with Gasteiger partial charge in [-0.1, -0.05) is 75.9 Å². The predicted molar refractivity (Wildman–Crippen MR) is 155 cm³/mol. The molecule has 0 radical (unpaired) electrons. The minimum atomic E-state index is -0.277. The zero-order chi connectivity index (χ0) is 26.1. The van der Waals surface area contributed by atoms with Crippen LogP contribution in [0.5, 0.6) is 23.0 Å². The van der Waals surface area contributed by atoms with Crippen LogP contribution in [0.2, 0.25) is 0 Å². The molecule has 4 aromatic rings. The monoisotopic (exact) mass is 494 g/mol. The van der Waals surface area contributed by atoms with E-state index in [0.717, 1.165) is 72.9 Å². The highest BCUT2D eigenvalue weighted by Crippen LogP contribution is 2.49. The molecule has 0 atom stereocenters. The summed E-state index contributed by atoms with van der Waals surface area (Å²) in [6, 6.07) is 32.0. The van der Waals surface area contributed by atoms with Gasteiger partial charge in [0.05, 0.1) is 0 Å². The number of hydrogen-bond acceptors (Lipinski definition) is 4. The highest BCUT2D eigenvalue weighted by atomic mass is 16.5. The molecule has 4 heteroatoms. The van der Waals surface area contributed by atoms with Gasteiger partial charge in [-0.3, -0.25) is 0 Å². The molecule has 0 amide bonds. The Bertz CT molecular complexity index is 1170. The van der Waals surface area contributed by atoms with Crippen LogP contribution < -0.4 is 20.9 Å². The summed E-state index contributed by atoms with van der Waals surface area (Å²) < 4.78 is 13.0. The molecule has 192 valence electrons. The van der Waals surface area contributed by atoms with Crippen molar-refractivity contribution in [2.75, 3.05) is 11.5 Å². The van der Waals surface area contributed by atoms with E-state index in [2.05, 4.69) is 50.2 Å². The van der Waals surface area contributed by atoms with Gasteiger partial charge >= 0.3 is 0 Å². The number of rotatable bonds is 12. The first-order valence-electron chi connectivity index (χ1n) is 13.3. The molecule has 0 aliphatic rings. The van der Waals surface area contributed by atoms with Gasteiger partial charge in [0.15, 0.2) is 0 Å². The first-order valence-corrected chi connectivity index (χ1v) is 13.3. The van der Waals surface area contributed by atoms with Crippen molar-refractivity contribution < 1.29 is 9.47 Å². The number of hydrogen-bond donors (Lipinski definition) is 2. The second-order valence-corrected chi connectivity index (χ2v) is 9.62. The van der Waals surface area contributed by atoms with E-state index >= 15 is 0 Å². The Labute approximate surface area is 221 Å². The Morgan fingerprint density at radius 1 is 0.541 bits per heavy atom. The topological polar surface area (TPSA) is 70.5 Å². The highest BCUT2D eigenvalue weighted by Gasteiger charge is 2.38. The van der Waals surface area contributed by atoms with Gasteiger partial charge < -0.3 is 20.9 Å². The fraction of sp³-hybridized carbons (Fsp3) is 0.273. The summed E-state index contributed by atoms with van der Waals surface area (Å²) in [5.74, 6) is 3.27. The minimum Gasteiger partial charge on any atom is -0.457 e. The van der Waals surface area contributed by atoms with Gasteiger partial charge in [-0.15, -0.1) is 0 Å². The number of para-hydroxylation sites is 2. The minimum absolute atomic E-state index is 0.277. The second kappa shape index (κ2) is 12.4. The lowest BCUT2D eigenvalue weighted by Crippen LogP contribution is -2.29. The van der Waals surface area contributed by atoms with Gasteiger partial charge in [-0.05, 0) is 73.5 Å². The van der Waals surface area contributed by atoms with Crippen LogP contribution in [-0.2, 0) is 5.41 Å². The number of ether oxygens (including phenoxy) is 2. The van der Waals surface area contributed by atoms with Crippen molar-refractivity contribution in [1.82, 2.24) is 0 Å². The SMILES string of the molecule is CCCCC(CCCC)(c1ccccc1Oc1ccc(N)cc1)c1ccccc1Oc1ccc(N)cc1. The Morgan fingerprint density at radius 3 is 1.30 bits per heavy atom. The van der Waals surface area contributed by atoms with Crippen LogP contribution in [0.25, 0.3) is 0 Å². The fourth-order valence-electron chi connectivity index (χ4n) is 4.99. The number of unbranched alkanes of at least 4 members (excludes halogenated alkanes) is 2. The van der Waals surface area contributed by atoms with E-state index in [9.17, 15) is 0 Å². The van der Waals surface area contributed by atoms with Crippen molar-refractivity contribution in [3.63, 3.8) is 0 Å². The molecule has 0 aromatic heterocycles. The Morgan fingerprint density at radius 2 is 0.919 bits per heavy atom. The van der Waals surface area contributed by atoms with E-state index in [1.807, 2.05) is 60.7 Å². The van der Waals surface area contributed by atoms with Crippen LogP contribution in [0.4, 0.5) is 11.4 Å². The van der Waals surface area contributed by atoms with Crippen LogP contribution in [0.15, 0.2) is 97.1 Å². The molecule has 4 aromatic carbocycles. The molecule has 4 N–H and O–H groups in total. The normalized spacial score (nSPS) is 11.3. The van der Waals surface area contributed by atoms with Crippen LogP contribution >= 0.6 is 0 Å². The third kappa shape index (κ3) is 6.26. The van der Waals surface area contributed by atoms with Crippen molar-refractivity contribution in [3.8, 4) is 23.0 Å². The van der Waals surface area contributed by atoms with Crippen molar-refractivity contribution in [1.29, 1.82) is 0 Å². The number of benzene rings is 4. The fourth-order valence-corrected chi connectivity index (χ4v) is 4.99. The van der Waals surface area contributed by atoms with Gasteiger partial charge in [-0.25, -0.2) is 0 Å². The van der Waals surface area contributed by atoms with Crippen molar-refractivity contribution in [2.45, 2.75) is 57.8 Å². The van der Waals surface area contributed by atoms with E-state index in [0.29, 0.717) is 0 Å². The van der Waals surface area contributed by atoms with E-state index < -0.39 is 0 Å². The lowest BCUT2D eigenvalue weighted by Gasteiger charge is -2.37. The maximum absolute atomic E-state index is 6.51. The predicted octanol–water partition coefficient (Wildman–Crippen LogP) is 9.10. The van der Waals surface area contributed by atoms with Crippen LogP contribution in [0, 0.1) is 0 Å². The van der Waals surface area contributed by atoms with E-state index in [1.54, 1.807) is 0 Å². The Balaban J connectivity index is 1.86. The van der Waals surface area contributed by atoms with Gasteiger partial charge in [0.25, 0.3) is 0 Å². The quantitative estimate of drug-likeness (QED) is 0.193. The molecular weight excluding hydrogens is 456 g/mol. The Kier molecular flexibility index (Phi) is 8.73. The molecule has 0 heterocycles. The molecule has 0 fully saturated rings. The molecule has 4 rings (SSSR count). The number of nitrogens with two attached hydrogens (primary N) is 2. The zero-order valence-corrected chi connectivity index (χ0v) is 22.0. The number of anilines is 2. The number of nitrogen functional groups attached to an aromatic ring is 2. The molecule has 0 saturated heterocycles. The maximum Gasteiger partial charge on any atom is 0.131 e. The average molecular weight is 495 g/mol. The standard InChI is InChI=1S/C33H38N2O2/c1-3-5-23-33(24-6-4-2,29-11-7-9-13-31(29)36-27-19-15-25(34)16-20-27)30-12-8-10-14-32(30)37-28-21-17-26(35)18-22-28/h7-22H,3-6,23-24,34-35H2,1-2H3. The first-order chi connectivity index (χ1) is 18.1. The van der Waals surface area contributed by atoms with Gasteiger partial charge in [0, 0.05) is 27.9 Å². The lowest BCUT2D eigenvalue weighted by atomic mass is 9.67. The summed E-state index contributed by atoms with van der Waals surface area (Å²) in [6.45, 7) is 4.50. The molecule has 0 bridgehead atoms. The molecule has 0 aliphatic heterocycles. The Hall–Kier alpha value is -3.92. The lowest BCUT2D eigenvalue weighted by molar-refractivity contribution is 0.368. The smallest absolute Gasteiger partial charge is 0.131 e. The van der Waals surface area contributed by atoms with Crippen molar-refractivity contribution in [2.24, 2.45) is 0 Å². The van der Waals surface area contributed by atoms with Crippen molar-refractivity contribution >= 4 is 11.4 Å². The summed E-state index contributed by atoms with van der Waals surface area (Å²) in [5, 5.41) is 0. The summed E-state index contributed by atoms with van der Waals surface area (Å²) in [4.78, 5) is 0. The van der Waals surface area contributed by atoms with Gasteiger partial charge in [0.2, 0.25) is 0 Å². The third-order valence-corrected chi connectivity index (χ3v) is 6.94. The van der Waals surface area contributed by atoms with Crippen LogP contribution in [0.3, 0.4) is 0 Å². The van der Waals surface area contributed by atoms with E-state index in [4.69, 9.17) is 20.9 Å². The van der Waals surface area contributed by atoms with Crippen LogP contribution in [0.1, 0.15) is 63.5 Å². The molecule has 37 heavy (non-hydrogen) atoms. The molecule has 0 saturated carbocycles. The van der Waals surface area contributed by atoms with Crippen molar-refractivity contribution in [3.05, 3.63) is 108 Å². The molecule has 0 aliphatic carbocycles. The van der Waals surface area contributed by atoms with Crippen LogP contribution in [-0.4, -0.2) is 0 Å². The van der Waals surface area contributed by atoms with Gasteiger partial charge in [-0.2, -0.15) is 0 Å². The summed E-state index contributed by atoms with van der Waals surface area (Å²) in [7, 11) is 0. The third-order valence-electron chi connectivity index (χ3n) is 6.94. The highest BCUT2D eigenvalue weighted by molar-refractivity contribution is 5.54. The summed E-state index contributed by atoms with van der Waals surface area (Å²) >= 11 is 0. The average Bonchev–Trinajstić information content (AvgIpc) is 2.93. The van der Waals surface area contributed by atoms with E-state index in [1.165, 1.54) is 11.1 Å². The van der Waals surface area contributed by atoms with E-state index in [-0.39, 0.29) is 5.41 Å². The zero-order valence-electron chi connectivity index (χ0n) is 22.0. The first kappa shape index (κ1) is 26.2. The molecule has 4 nitrogen and oxygen atoms in total. The summed E-state index contributed by atoms with van der Waals surface area (Å²) in [5.41, 5.74) is 15.4. The molecule has 0 unspecified atom stereocenters. The largest absolute Gasteiger partial charge is 0.457 e. The second-order valence-electron chi connectivity index (χ2n) is 9.62. The van der Waals surface area contributed by atoms with Gasteiger partial charge in [0.1, 0.15) is 23.0 Å². The molecule has 0 spiro atoms. The molecular formula is C33H38N2O2. The summed E-state index contributed by atoms with van der Waals surface area (Å²) in [6.07, 6.45) is 6.39. The maximum atomic E-state index is 6.51.